The van der Waals surface area contributed by atoms with E-state index in [4.69, 9.17) is 0 Å². The van der Waals surface area contributed by atoms with Crippen molar-refractivity contribution in [1.29, 1.82) is 0 Å². The molecule has 0 radical (unpaired) electrons. The molecule has 1 aliphatic heterocycles. The standard InChI is InChI=1S/C13H20N2O3S/c16-12(17)11-7-19-8-15(11)13(18)14(5-9-1-2-9)6-10-3-4-10/h9-11H,1-8H2,(H,16,17)/t11-/m0/s1. The van der Waals surface area contributed by atoms with Crippen molar-refractivity contribution in [3.63, 3.8) is 0 Å². The van der Waals surface area contributed by atoms with Crippen LogP contribution in [0.1, 0.15) is 25.7 Å². The van der Waals surface area contributed by atoms with Gasteiger partial charge in [-0.25, -0.2) is 9.59 Å². The Morgan fingerprint density at radius 2 is 1.74 bits per heavy atom. The number of hydrogen-bond donors (Lipinski definition) is 1. The molecule has 1 N–H and O–H groups in total. The molecule has 2 amide bonds. The van der Waals surface area contributed by atoms with Gasteiger partial charge in [0.1, 0.15) is 6.04 Å². The molecule has 1 saturated heterocycles. The van der Waals surface area contributed by atoms with Crippen LogP contribution in [0.25, 0.3) is 0 Å². The zero-order valence-corrected chi connectivity index (χ0v) is 11.8. The number of carboxylic acids is 1. The molecule has 1 atom stereocenters. The van der Waals surface area contributed by atoms with Gasteiger partial charge in [-0.1, -0.05) is 0 Å². The lowest BCUT2D eigenvalue weighted by molar-refractivity contribution is -0.140. The van der Waals surface area contributed by atoms with Crippen LogP contribution in [-0.2, 0) is 4.79 Å². The number of amides is 2. The highest BCUT2D eigenvalue weighted by molar-refractivity contribution is 7.99. The number of carboxylic acid groups (broad SMARTS) is 1. The van der Waals surface area contributed by atoms with Crippen LogP contribution in [0.4, 0.5) is 4.79 Å². The van der Waals surface area contributed by atoms with Crippen LogP contribution >= 0.6 is 11.8 Å². The van der Waals surface area contributed by atoms with E-state index in [1.54, 1.807) is 0 Å². The van der Waals surface area contributed by atoms with E-state index < -0.39 is 12.0 Å². The lowest BCUT2D eigenvalue weighted by atomic mass is 10.3. The number of urea groups is 1. The maximum Gasteiger partial charge on any atom is 0.327 e. The van der Waals surface area contributed by atoms with E-state index in [0.717, 1.165) is 13.1 Å². The van der Waals surface area contributed by atoms with Crippen LogP contribution in [-0.4, -0.2) is 57.7 Å². The third-order valence-electron chi connectivity index (χ3n) is 4.03. The third kappa shape index (κ3) is 3.16. The molecule has 2 saturated carbocycles. The minimum Gasteiger partial charge on any atom is -0.480 e. The maximum atomic E-state index is 12.6. The van der Waals surface area contributed by atoms with E-state index in [9.17, 15) is 14.7 Å². The molecule has 1 heterocycles. The Kier molecular flexibility index (Phi) is 3.60. The fourth-order valence-electron chi connectivity index (χ4n) is 2.47. The van der Waals surface area contributed by atoms with Crippen LogP contribution < -0.4 is 0 Å². The van der Waals surface area contributed by atoms with Crippen LogP contribution in [0.2, 0.25) is 0 Å². The summed E-state index contributed by atoms with van der Waals surface area (Å²) in [7, 11) is 0. The highest BCUT2D eigenvalue weighted by Crippen LogP contribution is 2.35. The molecule has 0 aromatic rings. The maximum absolute atomic E-state index is 12.6. The SMILES string of the molecule is O=C(O)[C@@H]1CSCN1C(=O)N(CC1CC1)CC1CC1. The highest BCUT2D eigenvalue weighted by atomic mass is 32.2. The summed E-state index contributed by atoms with van der Waals surface area (Å²) in [5.41, 5.74) is 0. The summed E-state index contributed by atoms with van der Waals surface area (Å²) >= 11 is 1.53. The molecule has 19 heavy (non-hydrogen) atoms. The monoisotopic (exact) mass is 284 g/mol. The number of aliphatic carboxylic acids is 1. The smallest absolute Gasteiger partial charge is 0.327 e. The zero-order chi connectivity index (χ0) is 13.4. The van der Waals surface area contributed by atoms with Gasteiger partial charge in [0.2, 0.25) is 0 Å². The second-order valence-electron chi connectivity index (χ2n) is 5.90. The fourth-order valence-corrected chi connectivity index (χ4v) is 3.61. The first-order chi connectivity index (χ1) is 9.15. The summed E-state index contributed by atoms with van der Waals surface area (Å²) in [4.78, 5) is 27.2. The second-order valence-corrected chi connectivity index (χ2v) is 6.90. The van der Waals surface area contributed by atoms with Gasteiger partial charge in [0.05, 0.1) is 5.88 Å². The average Bonchev–Trinajstić information content (AvgIpc) is 3.29. The molecule has 0 spiro atoms. The molecule has 6 heteroatoms. The van der Waals surface area contributed by atoms with Gasteiger partial charge in [-0.05, 0) is 37.5 Å². The molecule has 0 aromatic carbocycles. The first-order valence-electron chi connectivity index (χ1n) is 7.01. The Bertz CT molecular complexity index is 368. The predicted octanol–water partition coefficient (Wildman–Crippen LogP) is 1.69. The van der Waals surface area contributed by atoms with Gasteiger partial charge in [-0.3, -0.25) is 0 Å². The number of nitrogens with zero attached hydrogens (tertiary/aromatic N) is 2. The Morgan fingerprint density at radius 3 is 2.21 bits per heavy atom. The summed E-state index contributed by atoms with van der Waals surface area (Å²) in [5, 5.41) is 9.18. The first-order valence-corrected chi connectivity index (χ1v) is 8.16. The quantitative estimate of drug-likeness (QED) is 0.834. The van der Waals surface area contributed by atoms with Crippen molar-refractivity contribution in [2.75, 3.05) is 24.7 Å². The molecular weight excluding hydrogens is 264 g/mol. The lowest BCUT2D eigenvalue weighted by Gasteiger charge is -2.30. The van der Waals surface area contributed by atoms with Crippen LogP contribution in [0.3, 0.4) is 0 Å². The van der Waals surface area contributed by atoms with Crippen molar-refractivity contribution in [3.05, 3.63) is 0 Å². The average molecular weight is 284 g/mol. The van der Waals surface area contributed by atoms with E-state index >= 15 is 0 Å². The third-order valence-corrected chi connectivity index (χ3v) is 5.05. The number of thioether (sulfide) groups is 1. The zero-order valence-electron chi connectivity index (χ0n) is 11.0. The number of carbonyl (C=O) groups is 2. The molecule has 3 fully saturated rings. The van der Waals surface area contributed by atoms with Gasteiger partial charge in [0.25, 0.3) is 0 Å². The van der Waals surface area contributed by atoms with Gasteiger partial charge in [-0.15, -0.1) is 11.8 Å². The minimum absolute atomic E-state index is 0.0591. The van der Waals surface area contributed by atoms with Crippen molar-refractivity contribution in [2.24, 2.45) is 11.8 Å². The predicted molar refractivity (Wildman–Crippen MR) is 73.0 cm³/mol. The summed E-state index contributed by atoms with van der Waals surface area (Å²) < 4.78 is 0. The molecule has 2 aliphatic carbocycles. The van der Waals surface area contributed by atoms with E-state index in [1.807, 2.05) is 4.90 Å². The van der Waals surface area contributed by atoms with Crippen molar-refractivity contribution >= 4 is 23.8 Å². The first kappa shape index (κ1) is 13.1. The molecule has 5 nitrogen and oxygen atoms in total. The summed E-state index contributed by atoms with van der Waals surface area (Å²) in [6.07, 6.45) is 4.86. The largest absolute Gasteiger partial charge is 0.480 e. The summed E-state index contributed by atoms with van der Waals surface area (Å²) in [6, 6.07) is -0.699. The fraction of sp³-hybridized carbons (Fsp3) is 0.846. The van der Waals surface area contributed by atoms with Crippen LogP contribution in [0.5, 0.6) is 0 Å². The lowest BCUT2D eigenvalue weighted by Crippen LogP contribution is -2.49. The Hall–Kier alpha value is -0.910. The highest BCUT2D eigenvalue weighted by Gasteiger charge is 2.39. The summed E-state index contributed by atoms with van der Waals surface area (Å²) in [6.45, 7) is 1.64. The number of hydrogen-bond acceptors (Lipinski definition) is 3. The molecular formula is C13H20N2O3S. The number of carbonyl (C=O) groups excluding carboxylic acids is 1. The second kappa shape index (κ2) is 5.23. The molecule has 106 valence electrons. The van der Waals surface area contributed by atoms with E-state index in [0.29, 0.717) is 23.5 Å². The number of rotatable bonds is 5. The normalized spacial score (nSPS) is 26.5. The van der Waals surface area contributed by atoms with Crippen molar-refractivity contribution in [1.82, 2.24) is 9.80 Å². The van der Waals surface area contributed by atoms with Gasteiger partial charge in [0, 0.05) is 18.8 Å². The van der Waals surface area contributed by atoms with Gasteiger partial charge in [0.15, 0.2) is 0 Å². The Balaban J connectivity index is 1.65. The Morgan fingerprint density at radius 1 is 1.16 bits per heavy atom. The van der Waals surface area contributed by atoms with Gasteiger partial charge in [-0.2, -0.15) is 0 Å². The van der Waals surface area contributed by atoms with E-state index in [-0.39, 0.29) is 6.03 Å². The van der Waals surface area contributed by atoms with Crippen molar-refractivity contribution in [2.45, 2.75) is 31.7 Å². The molecule has 0 unspecified atom stereocenters. The topological polar surface area (TPSA) is 60.9 Å². The van der Waals surface area contributed by atoms with Crippen LogP contribution in [0.15, 0.2) is 0 Å². The molecule has 3 rings (SSSR count). The van der Waals surface area contributed by atoms with E-state index in [2.05, 4.69) is 0 Å². The van der Waals surface area contributed by atoms with Crippen molar-refractivity contribution < 1.29 is 14.7 Å². The van der Waals surface area contributed by atoms with Gasteiger partial charge < -0.3 is 14.9 Å². The molecule has 3 aliphatic rings. The van der Waals surface area contributed by atoms with E-state index in [1.165, 1.54) is 42.3 Å². The minimum atomic E-state index is -0.879. The Labute approximate surface area is 117 Å². The van der Waals surface area contributed by atoms with Crippen molar-refractivity contribution in [3.8, 4) is 0 Å². The van der Waals surface area contributed by atoms with Gasteiger partial charge >= 0.3 is 12.0 Å². The van der Waals surface area contributed by atoms with Crippen LogP contribution in [0, 0.1) is 11.8 Å². The summed E-state index contributed by atoms with van der Waals surface area (Å²) in [5.74, 6) is 1.46. The molecule has 0 aromatic heterocycles. The molecule has 0 bridgehead atoms.